The SMILES string of the molecule is C/C=C/CCCCCCC.CCCCCCCCCC. The number of hydrogen-bond donors (Lipinski definition) is 0. The van der Waals surface area contributed by atoms with Crippen molar-refractivity contribution in [1.29, 1.82) is 0 Å². The molecular formula is C20H42. The molecule has 0 saturated carbocycles. The van der Waals surface area contributed by atoms with Crippen molar-refractivity contribution >= 4 is 0 Å². The monoisotopic (exact) mass is 282 g/mol. The van der Waals surface area contributed by atoms with Crippen LogP contribution in [0.2, 0.25) is 0 Å². The predicted molar refractivity (Wildman–Crippen MR) is 96.5 cm³/mol. The number of rotatable bonds is 13. The average Bonchev–Trinajstić information content (AvgIpc) is 2.47. The van der Waals surface area contributed by atoms with Gasteiger partial charge in [-0.05, 0) is 19.8 Å². The molecule has 0 spiro atoms. The number of unbranched alkanes of at least 4 members (excludes halogenated alkanes) is 12. The van der Waals surface area contributed by atoms with E-state index in [1.165, 1.54) is 89.9 Å². The van der Waals surface area contributed by atoms with Gasteiger partial charge in [-0.25, -0.2) is 0 Å². The Labute approximate surface area is 130 Å². The summed E-state index contributed by atoms with van der Waals surface area (Å²) >= 11 is 0. The second-order valence-corrected chi connectivity index (χ2v) is 5.89. The Bertz CT molecular complexity index is 149. The molecule has 0 bridgehead atoms. The van der Waals surface area contributed by atoms with Crippen molar-refractivity contribution in [2.75, 3.05) is 0 Å². The molecule has 20 heavy (non-hydrogen) atoms. The van der Waals surface area contributed by atoms with E-state index < -0.39 is 0 Å². The molecule has 0 unspecified atom stereocenters. The normalized spacial score (nSPS) is 10.6. The van der Waals surface area contributed by atoms with E-state index in [1.54, 1.807) is 0 Å². The van der Waals surface area contributed by atoms with Crippen molar-refractivity contribution < 1.29 is 0 Å². The second kappa shape index (κ2) is 23.8. The molecule has 0 rings (SSSR count). The summed E-state index contributed by atoms with van der Waals surface area (Å²) in [7, 11) is 0. The summed E-state index contributed by atoms with van der Waals surface area (Å²) < 4.78 is 0. The lowest BCUT2D eigenvalue weighted by atomic mass is 10.1. The summed E-state index contributed by atoms with van der Waals surface area (Å²) in [6, 6.07) is 0. The van der Waals surface area contributed by atoms with Gasteiger partial charge in [0.2, 0.25) is 0 Å². The zero-order chi connectivity index (χ0) is 15.3. The van der Waals surface area contributed by atoms with Gasteiger partial charge in [-0.1, -0.05) is 110 Å². The van der Waals surface area contributed by atoms with Crippen LogP contribution >= 0.6 is 0 Å². The maximum absolute atomic E-state index is 2.27. The van der Waals surface area contributed by atoms with E-state index in [0.717, 1.165) is 0 Å². The van der Waals surface area contributed by atoms with Crippen molar-refractivity contribution in [3.8, 4) is 0 Å². The highest BCUT2D eigenvalue weighted by Crippen LogP contribution is 2.07. The fourth-order valence-electron chi connectivity index (χ4n) is 2.24. The molecular weight excluding hydrogens is 240 g/mol. The van der Waals surface area contributed by atoms with E-state index in [2.05, 4.69) is 39.8 Å². The highest BCUT2D eigenvalue weighted by molar-refractivity contribution is 4.76. The Hall–Kier alpha value is -0.260. The maximum atomic E-state index is 2.27. The summed E-state index contributed by atoms with van der Waals surface area (Å²) in [6.07, 6.45) is 24.1. The van der Waals surface area contributed by atoms with Crippen LogP contribution in [0.3, 0.4) is 0 Å². The third-order valence-corrected chi connectivity index (χ3v) is 3.67. The molecule has 0 aliphatic carbocycles. The smallest absolute Gasteiger partial charge is 0.0351 e. The van der Waals surface area contributed by atoms with E-state index in [4.69, 9.17) is 0 Å². The van der Waals surface area contributed by atoms with Crippen molar-refractivity contribution in [2.45, 2.75) is 118 Å². The highest BCUT2D eigenvalue weighted by atomic mass is 13.9. The van der Waals surface area contributed by atoms with Crippen LogP contribution < -0.4 is 0 Å². The zero-order valence-corrected chi connectivity index (χ0v) is 15.1. The first-order chi connectivity index (χ1) is 9.83. The average molecular weight is 283 g/mol. The van der Waals surface area contributed by atoms with Gasteiger partial charge < -0.3 is 0 Å². The predicted octanol–water partition coefficient (Wildman–Crippen LogP) is 8.07. The highest BCUT2D eigenvalue weighted by Gasteiger charge is 1.87. The molecule has 0 fully saturated rings. The lowest BCUT2D eigenvalue weighted by Gasteiger charge is -1.97. The van der Waals surface area contributed by atoms with Crippen LogP contribution in [-0.2, 0) is 0 Å². The Morgan fingerprint density at radius 1 is 0.500 bits per heavy atom. The van der Waals surface area contributed by atoms with Crippen LogP contribution in [0.5, 0.6) is 0 Å². The minimum atomic E-state index is 1.28. The molecule has 0 radical (unpaired) electrons. The molecule has 0 aromatic heterocycles. The first kappa shape index (κ1) is 22.0. The Morgan fingerprint density at radius 2 is 0.850 bits per heavy atom. The van der Waals surface area contributed by atoms with Gasteiger partial charge in [0.05, 0.1) is 0 Å². The molecule has 0 aromatic carbocycles. The van der Waals surface area contributed by atoms with Crippen molar-refractivity contribution in [1.82, 2.24) is 0 Å². The van der Waals surface area contributed by atoms with Crippen LogP contribution in [0.25, 0.3) is 0 Å². The van der Waals surface area contributed by atoms with Gasteiger partial charge in [-0.15, -0.1) is 0 Å². The van der Waals surface area contributed by atoms with Gasteiger partial charge >= 0.3 is 0 Å². The third kappa shape index (κ3) is 26.3. The van der Waals surface area contributed by atoms with Crippen molar-refractivity contribution in [3.05, 3.63) is 12.2 Å². The summed E-state index contributed by atoms with van der Waals surface area (Å²) in [5.74, 6) is 0. The Morgan fingerprint density at radius 3 is 1.20 bits per heavy atom. The molecule has 0 aromatic rings. The summed E-state index contributed by atoms with van der Waals surface area (Å²) in [6.45, 7) is 8.88. The van der Waals surface area contributed by atoms with E-state index >= 15 is 0 Å². The van der Waals surface area contributed by atoms with Gasteiger partial charge in [0.25, 0.3) is 0 Å². The van der Waals surface area contributed by atoms with E-state index in [1.807, 2.05) is 0 Å². The lowest BCUT2D eigenvalue weighted by molar-refractivity contribution is 0.585. The molecule has 0 heterocycles. The minimum absolute atomic E-state index is 1.28. The molecule has 0 amide bonds. The van der Waals surface area contributed by atoms with Crippen LogP contribution in [0, 0.1) is 0 Å². The second-order valence-electron chi connectivity index (χ2n) is 5.89. The molecule has 0 nitrogen and oxygen atoms in total. The fraction of sp³-hybridized carbons (Fsp3) is 0.900. The Kier molecular flexibility index (Phi) is 26.2. The Balaban J connectivity index is 0. The molecule has 0 heteroatoms. The van der Waals surface area contributed by atoms with Crippen LogP contribution in [0.15, 0.2) is 12.2 Å². The van der Waals surface area contributed by atoms with Gasteiger partial charge in [-0.3, -0.25) is 0 Å². The van der Waals surface area contributed by atoms with Crippen LogP contribution in [0.4, 0.5) is 0 Å². The van der Waals surface area contributed by atoms with E-state index in [0.29, 0.717) is 0 Å². The van der Waals surface area contributed by atoms with Crippen LogP contribution in [0.1, 0.15) is 118 Å². The fourth-order valence-corrected chi connectivity index (χ4v) is 2.24. The molecule has 0 aliphatic heterocycles. The van der Waals surface area contributed by atoms with Crippen LogP contribution in [-0.4, -0.2) is 0 Å². The molecule has 0 atom stereocenters. The summed E-state index contributed by atoms with van der Waals surface area (Å²) in [4.78, 5) is 0. The first-order valence-electron chi connectivity index (χ1n) is 9.44. The van der Waals surface area contributed by atoms with E-state index in [9.17, 15) is 0 Å². The quantitative estimate of drug-likeness (QED) is 0.236. The summed E-state index contributed by atoms with van der Waals surface area (Å²) in [5, 5.41) is 0. The van der Waals surface area contributed by atoms with Crippen molar-refractivity contribution in [2.24, 2.45) is 0 Å². The molecule has 0 N–H and O–H groups in total. The van der Waals surface area contributed by atoms with E-state index in [-0.39, 0.29) is 0 Å². The molecule has 122 valence electrons. The first-order valence-corrected chi connectivity index (χ1v) is 9.44. The standard InChI is InChI=1S/C10H22.C10H20/c2*1-3-5-7-9-10-8-6-4-2/h3-10H2,1-2H3;3,5H,4,6-10H2,1-2H3/b;5-3+. The molecule has 0 aliphatic rings. The summed E-state index contributed by atoms with van der Waals surface area (Å²) in [5.41, 5.74) is 0. The van der Waals surface area contributed by atoms with Gasteiger partial charge in [0.15, 0.2) is 0 Å². The molecule has 0 saturated heterocycles. The largest absolute Gasteiger partial charge is 0.0917 e. The van der Waals surface area contributed by atoms with Gasteiger partial charge in [0, 0.05) is 0 Å². The minimum Gasteiger partial charge on any atom is -0.0917 e. The van der Waals surface area contributed by atoms with Gasteiger partial charge in [-0.2, -0.15) is 0 Å². The van der Waals surface area contributed by atoms with Gasteiger partial charge in [0.1, 0.15) is 0 Å². The topological polar surface area (TPSA) is 0 Å². The lowest BCUT2D eigenvalue weighted by Crippen LogP contribution is -1.77. The van der Waals surface area contributed by atoms with Crippen molar-refractivity contribution in [3.63, 3.8) is 0 Å². The zero-order valence-electron chi connectivity index (χ0n) is 15.1. The number of hydrogen-bond acceptors (Lipinski definition) is 0. The maximum Gasteiger partial charge on any atom is -0.0351 e. The third-order valence-electron chi connectivity index (χ3n) is 3.67. The number of allylic oxidation sites excluding steroid dienone is 2.